The molecule has 100 valence electrons. The molecule has 0 aromatic carbocycles. The summed E-state index contributed by atoms with van der Waals surface area (Å²) < 4.78 is 0. The molecule has 19 heavy (non-hydrogen) atoms. The van der Waals surface area contributed by atoms with E-state index in [1.165, 1.54) is 22.8 Å². The summed E-state index contributed by atoms with van der Waals surface area (Å²) in [7, 11) is 0. The lowest BCUT2D eigenvalue weighted by atomic mass is 10.2. The van der Waals surface area contributed by atoms with Crippen LogP contribution in [0.1, 0.15) is 27.9 Å². The third-order valence-corrected chi connectivity index (χ3v) is 3.62. The maximum Gasteiger partial charge on any atom is 0.271 e. The first-order valence-electron chi connectivity index (χ1n) is 5.86. The number of nitrogens with zero attached hydrogens (tertiary/aromatic N) is 2. The Morgan fingerprint density at radius 2 is 2.26 bits per heavy atom. The molecule has 0 spiro atoms. The lowest BCUT2D eigenvalue weighted by Crippen LogP contribution is -2.24. The van der Waals surface area contributed by atoms with Crippen LogP contribution in [0.25, 0.3) is 0 Å². The van der Waals surface area contributed by atoms with E-state index in [2.05, 4.69) is 33.7 Å². The van der Waals surface area contributed by atoms with Crippen LogP contribution in [0.3, 0.4) is 0 Å². The van der Waals surface area contributed by atoms with Crippen molar-refractivity contribution in [3.8, 4) is 0 Å². The molecule has 1 amide bonds. The number of hydrazine groups is 1. The van der Waals surface area contributed by atoms with Gasteiger partial charge in [0.1, 0.15) is 5.69 Å². The zero-order valence-electron chi connectivity index (χ0n) is 10.5. The number of nitrogen functional groups attached to an aromatic ring is 1. The van der Waals surface area contributed by atoms with E-state index in [0.29, 0.717) is 12.4 Å². The number of aromatic nitrogens is 2. The number of nitrogens with one attached hydrogen (secondary N) is 2. The first-order chi connectivity index (χ1) is 9.24. The fourth-order valence-electron chi connectivity index (χ4n) is 1.61. The minimum Gasteiger partial charge on any atom is -0.346 e. The van der Waals surface area contributed by atoms with Crippen molar-refractivity contribution >= 4 is 23.1 Å². The fourth-order valence-corrected chi connectivity index (χ4v) is 2.52. The third kappa shape index (κ3) is 3.27. The van der Waals surface area contributed by atoms with Crippen LogP contribution in [0.15, 0.2) is 23.8 Å². The lowest BCUT2D eigenvalue weighted by Gasteiger charge is -2.05. The summed E-state index contributed by atoms with van der Waals surface area (Å²) >= 11 is 1.64. The minimum atomic E-state index is -0.244. The number of rotatable bonds is 5. The SMILES string of the molecule is CCc1ccsc1CNC(=O)c1cnc(NN)cn1. The van der Waals surface area contributed by atoms with Crippen molar-refractivity contribution < 1.29 is 4.79 Å². The van der Waals surface area contributed by atoms with Gasteiger partial charge in [0.25, 0.3) is 5.91 Å². The van der Waals surface area contributed by atoms with E-state index in [1.807, 2.05) is 5.38 Å². The molecular weight excluding hydrogens is 262 g/mol. The molecule has 2 aromatic heterocycles. The summed E-state index contributed by atoms with van der Waals surface area (Å²) in [6, 6.07) is 2.08. The minimum absolute atomic E-state index is 0.244. The highest BCUT2D eigenvalue weighted by Crippen LogP contribution is 2.16. The highest BCUT2D eigenvalue weighted by molar-refractivity contribution is 7.10. The van der Waals surface area contributed by atoms with Crippen molar-refractivity contribution in [1.82, 2.24) is 15.3 Å². The topological polar surface area (TPSA) is 92.9 Å². The van der Waals surface area contributed by atoms with Crippen molar-refractivity contribution in [2.45, 2.75) is 19.9 Å². The molecule has 6 nitrogen and oxygen atoms in total. The summed E-state index contributed by atoms with van der Waals surface area (Å²) in [6.07, 6.45) is 3.77. The van der Waals surface area contributed by atoms with E-state index >= 15 is 0 Å². The Morgan fingerprint density at radius 1 is 1.42 bits per heavy atom. The molecule has 0 radical (unpaired) electrons. The Kier molecular flexibility index (Phi) is 4.43. The Morgan fingerprint density at radius 3 is 2.89 bits per heavy atom. The second-order valence-electron chi connectivity index (χ2n) is 3.84. The van der Waals surface area contributed by atoms with Gasteiger partial charge in [0.2, 0.25) is 0 Å². The van der Waals surface area contributed by atoms with Crippen LogP contribution in [0.5, 0.6) is 0 Å². The smallest absolute Gasteiger partial charge is 0.271 e. The number of thiophene rings is 1. The number of carbonyl (C=O) groups is 1. The molecule has 0 aliphatic rings. The third-order valence-electron chi connectivity index (χ3n) is 2.66. The average Bonchev–Trinajstić information content (AvgIpc) is 2.92. The standard InChI is InChI=1S/C12H15N5OS/c1-2-8-3-4-19-10(8)6-16-12(18)9-5-15-11(17-13)7-14-9/h3-5,7H,2,6,13H2,1H3,(H,15,17)(H,16,18). The molecule has 0 fully saturated rings. The van der Waals surface area contributed by atoms with Gasteiger partial charge in [-0.25, -0.2) is 15.8 Å². The van der Waals surface area contributed by atoms with E-state index in [4.69, 9.17) is 5.84 Å². The van der Waals surface area contributed by atoms with Gasteiger partial charge < -0.3 is 10.7 Å². The van der Waals surface area contributed by atoms with Crippen LogP contribution in [-0.4, -0.2) is 15.9 Å². The number of amides is 1. The van der Waals surface area contributed by atoms with Crippen LogP contribution in [0.4, 0.5) is 5.82 Å². The van der Waals surface area contributed by atoms with E-state index in [-0.39, 0.29) is 11.6 Å². The number of aryl methyl sites for hydroxylation is 1. The van der Waals surface area contributed by atoms with E-state index in [0.717, 1.165) is 6.42 Å². The molecule has 0 aliphatic carbocycles. The largest absolute Gasteiger partial charge is 0.346 e. The van der Waals surface area contributed by atoms with Gasteiger partial charge >= 0.3 is 0 Å². The molecule has 0 saturated heterocycles. The zero-order chi connectivity index (χ0) is 13.7. The quantitative estimate of drug-likeness (QED) is 0.566. The Labute approximate surface area is 115 Å². The second kappa shape index (κ2) is 6.26. The molecule has 7 heteroatoms. The van der Waals surface area contributed by atoms with Crippen LogP contribution in [0, 0.1) is 0 Å². The number of hydrogen-bond acceptors (Lipinski definition) is 6. The van der Waals surface area contributed by atoms with Gasteiger partial charge in [0, 0.05) is 4.88 Å². The monoisotopic (exact) mass is 277 g/mol. The fraction of sp³-hybridized carbons (Fsp3) is 0.250. The summed E-state index contributed by atoms with van der Waals surface area (Å²) in [4.78, 5) is 21.0. The Bertz CT molecular complexity index is 552. The van der Waals surface area contributed by atoms with Gasteiger partial charge in [0.05, 0.1) is 18.9 Å². The molecule has 0 atom stereocenters. The van der Waals surface area contributed by atoms with E-state index in [1.54, 1.807) is 11.3 Å². The number of anilines is 1. The van der Waals surface area contributed by atoms with Crippen LogP contribution in [-0.2, 0) is 13.0 Å². The Balaban J connectivity index is 1.97. The molecule has 2 heterocycles. The summed E-state index contributed by atoms with van der Waals surface area (Å²) in [5.74, 6) is 5.35. The molecule has 4 N–H and O–H groups in total. The van der Waals surface area contributed by atoms with E-state index < -0.39 is 0 Å². The van der Waals surface area contributed by atoms with Gasteiger partial charge in [-0.05, 0) is 23.4 Å². The number of hydrogen-bond donors (Lipinski definition) is 3. The second-order valence-corrected chi connectivity index (χ2v) is 4.84. The molecule has 2 rings (SSSR count). The van der Waals surface area contributed by atoms with Crippen molar-refractivity contribution in [2.24, 2.45) is 5.84 Å². The Hall–Kier alpha value is -1.99. The van der Waals surface area contributed by atoms with Gasteiger partial charge in [0.15, 0.2) is 5.82 Å². The number of carbonyl (C=O) groups excluding carboxylic acids is 1. The van der Waals surface area contributed by atoms with Gasteiger partial charge in [-0.1, -0.05) is 6.92 Å². The first kappa shape index (κ1) is 13.4. The maximum absolute atomic E-state index is 11.9. The maximum atomic E-state index is 11.9. The molecule has 2 aromatic rings. The van der Waals surface area contributed by atoms with Crippen molar-refractivity contribution in [3.05, 3.63) is 40.0 Å². The molecular formula is C12H15N5OS. The summed E-state index contributed by atoms with van der Waals surface area (Å²) in [5, 5.41) is 4.86. The molecule has 0 aliphatic heterocycles. The van der Waals surface area contributed by atoms with Crippen molar-refractivity contribution in [1.29, 1.82) is 0 Å². The number of nitrogens with two attached hydrogens (primary N) is 1. The normalized spacial score (nSPS) is 10.2. The predicted molar refractivity (Wildman–Crippen MR) is 74.7 cm³/mol. The average molecular weight is 277 g/mol. The molecule has 0 bridgehead atoms. The van der Waals surface area contributed by atoms with Gasteiger partial charge in [-0.2, -0.15) is 0 Å². The van der Waals surface area contributed by atoms with Gasteiger partial charge in [-0.15, -0.1) is 11.3 Å². The van der Waals surface area contributed by atoms with Crippen molar-refractivity contribution in [3.63, 3.8) is 0 Å². The van der Waals surface area contributed by atoms with Crippen molar-refractivity contribution in [2.75, 3.05) is 5.43 Å². The summed E-state index contributed by atoms with van der Waals surface area (Å²) in [6.45, 7) is 2.61. The highest BCUT2D eigenvalue weighted by Gasteiger charge is 2.09. The molecule has 0 saturated carbocycles. The van der Waals surface area contributed by atoms with Crippen LogP contribution >= 0.6 is 11.3 Å². The molecule has 0 unspecified atom stereocenters. The van der Waals surface area contributed by atoms with Gasteiger partial charge in [-0.3, -0.25) is 4.79 Å². The summed E-state index contributed by atoms with van der Waals surface area (Å²) in [5.41, 5.74) is 3.89. The highest BCUT2D eigenvalue weighted by atomic mass is 32.1. The predicted octanol–water partition coefficient (Wildman–Crippen LogP) is 1.32. The lowest BCUT2D eigenvalue weighted by molar-refractivity contribution is 0.0946. The van der Waals surface area contributed by atoms with Crippen LogP contribution < -0.4 is 16.6 Å². The van der Waals surface area contributed by atoms with E-state index in [9.17, 15) is 4.79 Å². The van der Waals surface area contributed by atoms with Crippen LogP contribution in [0.2, 0.25) is 0 Å². The first-order valence-corrected chi connectivity index (χ1v) is 6.74. The zero-order valence-corrected chi connectivity index (χ0v) is 11.3.